The molecule has 4 N–H and O–H groups in total. The SMILES string of the molecule is CC(O)CC(C)NC(CN)C1CCOC1. The molecule has 4 heteroatoms. The molecule has 1 aliphatic heterocycles. The van der Waals surface area contributed by atoms with E-state index >= 15 is 0 Å². The summed E-state index contributed by atoms with van der Waals surface area (Å²) in [6, 6.07) is 0.625. The number of aliphatic hydroxyl groups is 1. The molecular weight excluding hydrogens is 192 g/mol. The van der Waals surface area contributed by atoms with Crippen LogP contribution in [0.4, 0.5) is 0 Å². The summed E-state index contributed by atoms with van der Waals surface area (Å²) in [5.74, 6) is 0.534. The molecule has 0 aromatic rings. The Labute approximate surface area is 92.2 Å². The lowest BCUT2D eigenvalue weighted by molar-refractivity contribution is 0.156. The second-order valence-corrected chi connectivity index (χ2v) is 4.62. The van der Waals surface area contributed by atoms with Crippen LogP contribution < -0.4 is 11.1 Å². The molecule has 15 heavy (non-hydrogen) atoms. The van der Waals surface area contributed by atoms with Crippen LogP contribution in [-0.4, -0.2) is 43.1 Å². The van der Waals surface area contributed by atoms with Crippen molar-refractivity contribution in [2.75, 3.05) is 19.8 Å². The number of nitrogens with one attached hydrogen (secondary N) is 1. The van der Waals surface area contributed by atoms with Gasteiger partial charge >= 0.3 is 0 Å². The summed E-state index contributed by atoms with van der Waals surface area (Å²) in [5.41, 5.74) is 5.75. The molecule has 0 saturated carbocycles. The zero-order valence-corrected chi connectivity index (χ0v) is 9.78. The standard InChI is InChI=1S/C11H24N2O2/c1-8(5-9(2)14)13-11(6-12)10-3-4-15-7-10/h8-11,13-14H,3-7,12H2,1-2H3. The third-order valence-corrected chi connectivity index (χ3v) is 2.98. The molecule has 1 fully saturated rings. The maximum Gasteiger partial charge on any atom is 0.0526 e. The van der Waals surface area contributed by atoms with Crippen molar-refractivity contribution in [2.45, 2.75) is 44.9 Å². The lowest BCUT2D eigenvalue weighted by atomic mass is 9.97. The fourth-order valence-corrected chi connectivity index (χ4v) is 2.21. The molecule has 1 saturated heterocycles. The Morgan fingerprint density at radius 2 is 2.27 bits per heavy atom. The van der Waals surface area contributed by atoms with Crippen molar-refractivity contribution in [1.29, 1.82) is 0 Å². The average Bonchev–Trinajstić information content (AvgIpc) is 2.65. The summed E-state index contributed by atoms with van der Waals surface area (Å²) in [6.07, 6.45) is 1.60. The minimum atomic E-state index is -0.259. The Morgan fingerprint density at radius 1 is 1.53 bits per heavy atom. The molecular formula is C11H24N2O2. The Kier molecular flexibility index (Phi) is 5.53. The van der Waals surface area contributed by atoms with Gasteiger partial charge in [0.2, 0.25) is 0 Å². The second-order valence-electron chi connectivity index (χ2n) is 4.62. The summed E-state index contributed by atoms with van der Waals surface area (Å²) in [7, 11) is 0. The number of aliphatic hydroxyl groups excluding tert-OH is 1. The zero-order chi connectivity index (χ0) is 11.3. The van der Waals surface area contributed by atoms with Gasteiger partial charge in [0.25, 0.3) is 0 Å². The highest BCUT2D eigenvalue weighted by atomic mass is 16.5. The lowest BCUT2D eigenvalue weighted by Gasteiger charge is -2.26. The monoisotopic (exact) mass is 216 g/mol. The molecule has 4 atom stereocenters. The van der Waals surface area contributed by atoms with Crippen molar-refractivity contribution in [3.63, 3.8) is 0 Å². The van der Waals surface area contributed by atoms with E-state index in [1.165, 1.54) is 0 Å². The van der Waals surface area contributed by atoms with Gasteiger partial charge in [-0.05, 0) is 26.7 Å². The zero-order valence-electron chi connectivity index (χ0n) is 9.78. The van der Waals surface area contributed by atoms with Gasteiger partial charge in [-0.3, -0.25) is 0 Å². The first-order chi connectivity index (χ1) is 7.13. The van der Waals surface area contributed by atoms with Crippen LogP contribution in [0.5, 0.6) is 0 Å². The summed E-state index contributed by atoms with van der Waals surface area (Å²) in [5, 5.41) is 12.8. The molecule has 0 aliphatic carbocycles. The lowest BCUT2D eigenvalue weighted by Crippen LogP contribution is -2.47. The number of hydrogen-bond acceptors (Lipinski definition) is 4. The van der Waals surface area contributed by atoms with E-state index in [-0.39, 0.29) is 6.10 Å². The molecule has 4 nitrogen and oxygen atoms in total. The third-order valence-electron chi connectivity index (χ3n) is 2.98. The molecule has 1 aliphatic rings. The van der Waals surface area contributed by atoms with Crippen molar-refractivity contribution < 1.29 is 9.84 Å². The van der Waals surface area contributed by atoms with Gasteiger partial charge in [0.05, 0.1) is 12.7 Å². The van der Waals surface area contributed by atoms with E-state index in [1.54, 1.807) is 0 Å². The van der Waals surface area contributed by atoms with E-state index in [2.05, 4.69) is 12.2 Å². The quantitative estimate of drug-likeness (QED) is 0.589. The van der Waals surface area contributed by atoms with Gasteiger partial charge in [-0.15, -0.1) is 0 Å². The van der Waals surface area contributed by atoms with Crippen molar-refractivity contribution in [3.05, 3.63) is 0 Å². The van der Waals surface area contributed by atoms with Crippen molar-refractivity contribution in [3.8, 4) is 0 Å². The largest absolute Gasteiger partial charge is 0.393 e. The van der Waals surface area contributed by atoms with E-state index in [4.69, 9.17) is 10.5 Å². The first-order valence-corrected chi connectivity index (χ1v) is 5.85. The summed E-state index contributed by atoms with van der Waals surface area (Å²) in [6.45, 7) is 6.21. The van der Waals surface area contributed by atoms with Crippen LogP contribution in [0.3, 0.4) is 0 Å². The molecule has 0 bridgehead atoms. The molecule has 0 aromatic carbocycles. The van der Waals surface area contributed by atoms with Crippen molar-refractivity contribution in [1.82, 2.24) is 5.32 Å². The predicted octanol–water partition coefficient (Wildman–Crippen LogP) is 0.0992. The van der Waals surface area contributed by atoms with Crippen LogP contribution in [0.25, 0.3) is 0 Å². The first-order valence-electron chi connectivity index (χ1n) is 5.85. The van der Waals surface area contributed by atoms with Gasteiger partial charge < -0.3 is 20.9 Å². The van der Waals surface area contributed by atoms with Gasteiger partial charge in [0.15, 0.2) is 0 Å². The van der Waals surface area contributed by atoms with Gasteiger partial charge in [-0.1, -0.05) is 0 Å². The Hall–Kier alpha value is -0.160. The van der Waals surface area contributed by atoms with Gasteiger partial charge in [0.1, 0.15) is 0 Å². The van der Waals surface area contributed by atoms with Gasteiger partial charge in [0, 0.05) is 31.2 Å². The summed E-state index contributed by atoms with van der Waals surface area (Å²) < 4.78 is 5.36. The molecule has 0 radical (unpaired) electrons. The van der Waals surface area contributed by atoms with Crippen LogP contribution in [-0.2, 0) is 4.74 Å². The topological polar surface area (TPSA) is 67.5 Å². The highest BCUT2D eigenvalue weighted by molar-refractivity contribution is 4.82. The average molecular weight is 216 g/mol. The number of nitrogens with two attached hydrogens (primary N) is 1. The number of rotatable bonds is 6. The van der Waals surface area contributed by atoms with Gasteiger partial charge in [-0.2, -0.15) is 0 Å². The Morgan fingerprint density at radius 3 is 2.73 bits per heavy atom. The normalized spacial score (nSPS) is 27.6. The van der Waals surface area contributed by atoms with E-state index in [9.17, 15) is 5.11 Å². The van der Waals surface area contributed by atoms with Crippen LogP contribution in [0, 0.1) is 5.92 Å². The minimum Gasteiger partial charge on any atom is -0.393 e. The maximum atomic E-state index is 9.28. The fraction of sp³-hybridized carbons (Fsp3) is 1.00. The highest BCUT2D eigenvalue weighted by Crippen LogP contribution is 2.17. The molecule has 1 heterocycles. The molecule has 0 amide bonds. The maximum absolute atomic E-state index is 9.28. The van der Waals surface area contributed by atoms with E-state index in [0.717, 1.165) is 26.1 Å². The summed E-state index contributed by atoms with van der Waals surface area (Å²) in [4.78, 5) is 0. The van der Waals surface area contributed by atoms with Crippen LogP contribution >= 0.6 is 0 Å². The van der Waals surface area contributed by atoms with Crippen LogP contribution in [0.1, 0.15) is 26.7 Å². The molecule has 1 rings (SSSR count). The molecule has 0 spiro atoms. The minimum absolute atomic E-state index is 0.259. The van der Waals surface area contributed by atoms with E-state index in [0.29, 0.717) is 24.5 Å². The third kappa shape index (κ3) is 4.47. The number of hydrogen-bond donors (Lipinski definition) is 3. The van der Waals surface area contributed by atoms with Crippen molar-refractivity contribution >= 4 is 0 Å². The van der Waals surface area contributed by atoms with E-state index in [1.807, 2.05) is 6.92 Å². The van der Waals surface area contributed by atoms with Crippen LogP contribution in [0.2, 0.25) is 0 Å². The highest BCUT2D eigenvalue weighted by Gasteiger charge is 2.25. The summed E-state index contributed by atoms with van der Waals surface area (Å²) >= 11 is 0. The van der Waals surface area contributed by atoms with E-state index < -0.39 is 0 Å². The smallest absolute Gasteiger partial charge is 0.0526 e. The molecule has 0 aromatic heterocycles. The molecule has 90 valence electrons. The Bertz CT molecular complexity index is 170. The van der Waals surface area contributed by atoms with Gasteiger partial charge in [-0.25, -0.2) is 0 Å². The second kappa shape index (κ2) is 6.43. The fourth-order valence-electron chi connectivity index (χ4n) is 2.21. The predicted molar refractivity (Wildman–Crippen MR) is 60.7 cm³/mol. The van der Waals surface area contributed by atoms with Crippen LogP contribution in [0.15, 0.2) is 0 Å². The van der Waals surface area contributed by atoms with Crippen molar-refractivity contribution in [2.24, 2.45) is 11.7 Å². The number of ether oxygens (including phenoxy) is 1. The molecule has 4 unspecified atom stereocenters. The first kappa shape index (κ1) is 12.9. The Balaban J connectivity index is 2.31.